The summed E-state index contributed by atoms with van der Waals surface area (Å²) in [5, 5.41) is 31.4. The number of ether oxygens (including phenoxy) is 1. The number of methoxy groups -OCH3 is 1. The van der Waals surface area contributed by atoms with Crippen molar-refractivity contribution in [3.63, 3.8) is 0 Å². The summed E-state index contributed by atoms with van der Waals surface area (Å²) in [6.07, 6.45) is -5.40. The van der Waals surface area contributed by atoms with Crippen molar-refractivity contribution in [2.24, 2.45) is 0 Å². The van der Waals surface area contributed by atoms with Gasteiger partial charge in [0.05, 0.1) is 12.7 Å². The maximum atomic E-state index is 13.0. The molecule has 0 bridgehead atoms. The number of phenolic OH excluding ortho intramolecular Hbond substituents is 1. The summed E-state index contributed by atoms with van der Waals surface area (Å²) < 4.78 is 37.8. The predicted octanol–water partition coefficient (Wildman–Crippen LogP) is -0.769. The molecular weight excluding hydrogens is 384 g/mol. The fourth-order valence-electron chi connectivity index (χ4n) is 3.74. The first-order valence-electron chi connectivity index (χ1n) is 7.76. The minimum absolute atomic E-state index is 0.0920. The summed E-state index contributed by atoms with van der Waals surface area (Å²) in [7, 11) is -3.26. The monoisotopic (exact) mass is 398 g/mol. The molecule has 144 valence electrons. The lowest BCUT2D eigenvalue weighted by molar-refractivity contribution is -0.0862. The largest absolute Gasteiger partial charge is 0.507 e. The zero-order valence-electron chi connectivity index (χ0n) is 14.0. The van der Waals surface area contributed by atoms with Crippen LogP contribution >= 0.6 is 0 Å². The van der Waals surface area contributed by atoms with E-state index < -0.39 is 62.8 Å². The van der Waals surface area contributed by atoms with Crippen molar-refractivity contribution in [2.75, 3.05) is 7.11 Å². The van der Waals surface area contributed by atoms with Crippen molar-refractivity contribution in [3.8, 4) is 11.5 Å². The number of aliphatic hydroxyl groups is 2. The normalized spacial score (nSPS) is 34.1. The minimum Gasteiger partial charge on any atom is -0.507 e. The van der Waals surface area contributed by atoms with Crippen molar-refractivity contribution in [1.82, 2.24) is 0 Å². The Morgan fingerprint density at radius 2 is 1.81 bits per heavy atom. The van der Waals surface area contributed by atoms with E-state index >= 15 is 0 Å². The van der Waals surface area contributed by atoms with E-state index in [9.17, 15) is 33.3 Å². The number of aromatic hydroxyl groups is 1. The second kappa shape index (κ2) is 5.36. The van der Waals surface area contributed by atoms with E-state index in [0.717, 1.165) is 13.0 Å². The van der Waals surface area contributed by atoms with Crippen molar-refractivity contribution < 1.29 is 46.4 Å². The first-order chi connectivity index (χ1) is 12.5. The molecule has 3 aliphatic rings. The van der Waals surface area contributed by atoms with Crippen LogP contribution in [0, 0.1) is 0 Å². The lowest BCUT2D eigenvalue weighted by Gasteiger charge is -2.41. The minimum atomic E-state index is -4.56. The Hall–Kier alpha value is -2.31. The van der Waals surface area contributed by atoms with E-state index in [1.54, 1.807) is 0 Å². The Labute approximate surface area is 152 Å². The standard InChI is InChI=1S/C16H14O10S/c1-16-14(21)10-9(13(20)15(16)25-27(22,23)26-16)12(19)8-6(11(10)18)3-5(24-2)4-7(8)17/h3-4,13-15,17,20-21H,1-2H3/t13-,14-,15-,16+/m1/s1. The Morgan fingerprint density at radius 1 is 1.15 bits per heavy atom. The van der Waals surface area contributed by atoms with Gasteiger partial charge in [0.2, 0.25) is 0 Å². The first-order valence-corrected chi connectivity index (χ1v) is 9.09. The molecule has 2 aliphatic carbocycles. The average molecular weight is 398 g/mol. The molecule has 1 aromatic rings. The van der Waals surface area contributed by atoms with Crippen LogP contribution in [0.3, 0.4) is 0 Å². The maximum absolute atomic E-state index is 13.0. The molecule has 1 aliphatic heterocycles. The molecule has 0 amide bonds. The predicted molar refractivity (Wildman–Crippen MR) is 85.6 cm³/mol. The maximum Gasteiger partial charge on any atom is 0.401 e. The molecule has 10 nitrogen and oxygen atoms in total. The molecular formula is C16H14O10S. The van der Waals surface area contributed by atoms with Gasteiger partial charge in [-0.25, -0.2) is 8.37 Å². The van der Waals surface area contributed by atoms with Gasteiger partial charge in [-0.2, -0.15) is 8.42 Å². The molecule has 27 heavy (non-hydrogen) atoms. The third kappa shape index (κ3) is 2.23. The van der Waals surface area contributed by atoms with Crippen LogP contribution < -0.4 is 4.74 Å². The number of hydrogen-bond donors (Lipinski definition) is 3. The number of Topliss-reactive ketones (excluding diaryl/α,β-unsaturated/α-hetero) is 2. The summed E-state index contributed by atoms with van der Waals surface area (Å²) >= 11 is 0. The van der Waals surface area contributed by atoms with Gasteiger partial charge in [-0.05, 0) is 13.0 Å². The average Bonchev–Trinajstić information content (AvgIpc) is 2.85. The molecule has 0 unspecified atom stereocenters. The quantitative estimate of drug-likeness (QED) is 0.549. The van der Waals surface area contributed by atoms with Crippen LogP contribution in [-0.2, 0) is 18.8 Å². The number of benzene rings is 1. The van der Waals surface area contributed by atoms with Gasteiger partial charge in [-0.15, -0.1) is 0 Å². The van der Waals surface area contributed by atoms with Crippen LogP contribution in [0.25, 0.3) is 0 Å². The van der Waals surface area contributed by atoms with Crippen LogP contribution in [0.1, 0.15) is 27.6 Å². The molecule has 1 aromatic carbocycles. The number of fused-ring (bicyclic) bond motifs is 2. The highest BCUT2D eigenvalue weighted by Gasteiger charge is 2.64. The lowest BCUT2D eigenvalue weighted by Crippen LogP contribution is -2.60. The number of ketones is 2. The third-order valence-corrected chi connectivity index (χ3v) is 6.05. The van der Waals surface area contributed by atoms with Crippen LogP contribution in [-0.4, -0.2) is 66.3 Å². The van der Waals surface area contributed by atoms with Gasteiger partial charge in [-0.1, -0.05) is 0 Å². The molecule has 3 N–H and O–H groups in total. The number of carbonyl (C=O) groups excluding carboxylic acids is 2. The molecule has 0 radical (unpaired) electrons. The molecule has 0 spiro atoms. The fourth-order valence-corrected chi connectivity index (χ4v) is 4.96. The van der Waals surface area contributed by atoms with Gasteiger partial charge >= 0.3 is 10.4 Å². The SMILES string of the molecule is COc1cc(O)c2c(c1)C(=O)C1=C(C2=O)[C@@H](O)[C@H]2OS(=O)(=O)O[C@@]2(C)[C@@H]1O. The summed E-state index contributed by atoms with van der Waals surface area (Å²) in [6.45, 7) is 1.15. The molecule has 1 saturated heterocycles. The zero-order valence-corrected chi connectivity index (χ0v) is 14.8. The summed E-state index contributed by atoms with van der Waals surface area (Å²) in [5.41, 5.74) is -3.68. The van der Waals surface area contributed by atoms with Crippen LogP contribution in [0.15, 0.2) is 23.3 Å². The highest BCUT2D eigenvalue weighted by Crippen LogP contribution is 2.48. The Morgan fingerprint density at radius 3 is 2.44 bits per heavy atom. The Bertz CT molecular complexity index is 1040. The number of hydrogen-bond acceptors (Lipinski definition) is 10. The number of aliphatic hydroxyl groups excluding tert-OH is 2. The zero-order chi connectivity index (χ0) is 19.9. The van der Waals surface area contributed by atoms with Gasteiger partial charge in [0, 0.05) is 22.8 Å². The van der Waals surface area contributed by atoms with E-state index in [-0.39, 0.29) is 16.9 Å². The fraction of sp³-hybridized carbons (Fsp3) is 0.375. The second-order valence-corrected chi connectivity index (χ2v) is 7.77. The van der Waals surface area contributed by atoms with Gasteiger partial charge in [0.1, 0.15) is 35.4 Å². The van der Waals surface area contributed by atoms with Crippen LogP contribution in [0.2, 0.25) is 0 Å². The van der Waals surface area contributed by atoms with Crippen LogP contribution in [0.5, 0.6) is 11.5 Å². The highest BCUT2D eigenvalue weighted by molar-refractivity contribution is 7.82. The molecule has 1 heterocycles. The Kier molecular flexibility index (Phi) is 3.59. The van der Waals surface area contributed by atoms with E-state index in [1.807, 2.05) is 0 Å². The highest BCUT2D eigenvalue weighted by atomic mass is 32.3. The molecule has 0 saturated carbocycles. The lowest BCUT2D eigenvalue weighted by atomic mass is 9.68. The first kappa shape index (κ1) is 18.1. The van der Waals surface area contributed by atoms with Gasteiger partial charge in [-0.3, -0.25) is 9.59 Å². The number of phenols is 1. The summed E-state index contributed by atoms with van der Waals surface area (Å²) in [4.78, 5) is 25.9. The second-order valence-electron chi connectivity index (χ2n) is 6.59. The van der Waals surface area contributed by atoms with Crippen molar-refractivity contribution in [3.05, 3.63) is 34.4 Å². The van der Waals surface area contributed by atoms with Crippen molar-refractivity contribution in [2.45, 2.75) is 30.8 Å². The molecule has 4 rings (SSSR count). The number of rotatable bonds is 1. The van der Waals surface area contributed by atoms with E-state index in [4.69, 9.17) is 8.92 Å². The van der Waals surface area contributed by atoms with Gasteiger partial charge < -0.3 is 20.1 Å². The van der Waals surface area contributed by atoms with E-state index in [2.05, 4.69) is 4.18 Å². The van der Waals surface area contributed by atoms with Gasteiger partial charge in [0.15, 0.2) is 11.6 Å². The summed E-state index contributed by atoms with van der Waals surface area (Å²) in [6, 6.07) is 2.32. The van der Waals surface area contributed by atoms with Crippen molar-refractivity contribution in [1.29, 1.82) is 0 Å². The summed E-state index contributed by atoms with van der Waals surface area (Å²) in [5.74, 6) is -2.26. The molecule has 4 atom stereocenters. The smallest absolute Gasteiger partial charge is 0.401 e. The third-order valence-electron chi connectivity index (χ3n) is 5.04. The molecule has 0 aromatic heterocycles. The topological polar surface area (TPSA) is 157 Å². The number of carbonyl (C=O) groups is 2. The molecule has 11 heteroatoms. The Balaban J connectivity index is 1.96. The van der Waals surface area contributed by atoms with Crippen molar-refractivity contribution >= 4 is 22.0 Å². The van der Waals surface area contributed by atoms with Gasteiger partial charge in [0.25, 0.3) is 0 Å². The molecule has 1 fully saturated rings. The van der Waals surface area contributed by atoms with Crippen LogP contribution in [0.4, 0.5) is 0 Å². The van der Waals surface area contributed by atoms with E-state index in [0.29, 0.717) is 0 Å². The van der Waals surface area contributed by atoms with E-state index in [1.165, 1.54) is 13.2 Å².